The van der Waals surface area contributed by atoms with E-state index in [0.29, 0.717) is 12.5 Å². The van der Waals surface area contributed by atoms with Crippen LogP contribution in [0.1, 0.15) is 24.2 Å². The predicted molar refractivity (Wildman–Crippen MR) is 88.8 cm³/mol. The van der Waals surface area contributed by atoms with Gasteiger partial charge in [0, 0.05) is 19.5 Å². The molecule has 3 aromatic rings. The third-order valence-corrected chi connectivity index (χ3v) is 5.08. The minimum absolute atomic E-state index is 0.195. The van der Waals surface area contributed by atoms with Gasteiger partial charge in [-0.25, -0.2) is 4.98 Å². The van der Waals surface area contributed by atoms with E-state index in [0.717, 1.165) is 36.0 Å². The van der Waals surface area contributed by atoms with Crippen LogP contribution in [0.15, 0.2) is 22.7 Å². The van der Waals surface area contributed by atoms with Gasteiger partial charge in [-0.3, -0.25) is 0 Å². The maximum atomic E-state index is 5.81. The van der Waals surface area contributed by atoms with Gasteiger partial charge in [-0.2, -0.15) is 4.98 Å². The van der Waals surface area contributed by atoms with Crippen LogP contribution in [0.2, 0.25) is 0 Å². The summed E-state index contributed by atoms with van der Waals surface area (Å²) in [5, 5.41) is 4.94. The summed E-state index contributed by atoms with van der Waals surface area (Å²) in [6, 6.07) is 6.30. The van der Waals surface area contributed by atoms with Gasteiger partial charge in [0.2, 0.25) is 0 Å². The van der Waals surface area contributed by atoms with Crippen molar-refractivity contribution in [2.45, 2.75) is 33.0 Å². The van der Waals surface area contributed by atoms with Crippen LogP contribution < -0.4 is 4.90 Å². The minimum atomic E-state index is 0.195. The van der Waals surface area contributed by atoms with E-state index in [-0.39, 0.29) is 6.10 Å². The van der Waals surface area contributed by atoms with Crippen LogP contribution in [0.25, 0.3) is 10.2 Å². The van der Waals surface area contributed by atoms with E-state index < -0.39 is 0 Å². The molecule has 120 valence electrons. The Morgan fingerprint density at radius 2 is 2.22 bits per heavy atom. The highest BCUT2D eigenvalue weighted by atomic mass is 32.1. The molecule has 4 rings (SSSR count). The van der Waals surface area contributed by atoms with Crippen LogP contribution in [0.3, 0.4) is 0 Å². The average Bonchev–Trinajstić information content (AvgIpc) is 3.13. The third-order valence-electron chi connectivity index (χ3n) is 4.00. The van der Waals surface area contributed by atoms with Crippen LogP contribution in [0.5, 0.6) is 0 Å². The molecule has 0 spiro atoms. The van der Waals surface area contributed by atoms with E-state index in [1.54, 1.807) is 11.3 Å². The summed E-state index contributed by atoms with van der Waals surface area (Å²) in [4.78, 5) is 11.2. The zero-order valence-corrected chi connectivity index (χ0v) is 14.0. The fourth-order valence-electron chi connectivity index (χ4n) is 2.59. The van der Waals surface area contributed by atoms with Crippen molar-refractivity contribution in [2.24, 2.45) is 0 Å². The van der Waals surface area contributed by atoms with Gasteiger partial charge in [0.25, 0.3) is 5.89 Å². The number of anilines is 1. The lowest BCUT2D eigenvalue weighted by atomic mass is 10.2. The van der Waals surface area contributed by atoms with Crippen LogP contribution in [0, 0.1) is 6.92 Å². The molecule has 2 aromatic heterocycles. The van der Waals surface area contributed by atoms with Crippen molar-refractivity contribution >= 4 is 26.7 Å². The summed E-state index contributed by atoms with van der Waals surface area (Å²) in [5.74, 6) is 1.28. The second-order valence-corrected chi connectivity index (χ2v) is 6.72. The second kappa shape index (κ2) is 5.90. The van der Waals surface area contributed by atoms with Crippen molar-refractivity contribution in [1.82, 2.24) is 15.1 Å². The maximum absolute atomic E-state index is 5.81. The fraction of sp³-hybridized carbons (Fsp3) is 0.438. The quantitative estimate of drug-likeness (QED) is 0.717. The normalized spacial score (nSPS) is 15.3. The maximum Gasteiger partial charge on any atom is 0.252 e. The van der Waals surface area contributed by atoms with Crippen molar-refractivity contribution in [1.29, 1.82) is 0 Å². The Bertz CT molecular complexity index is 822. The summed E-state index contributed by atoms with van der Waals surface area (Å²) < 4.78 is 12.2. The first-order valence-corrected chi connectivity index (χ1v) is 8.58. The molecule has 7 heteroatoms. The van der Waals surface area contributed by atoms with Gasteiger partial charge in [-0.05, 0) is 18.6 Å². The molecule has 0 unspecified atom stereocenters. The summed E-state index contributed by atoms with van der Waals surface area (Å²) in [6.45, 7) is 6.19. The lowest BCUT2D eigenvalue weighted by Crippen LogP contribution is -2.52. The van der Waals surface area contributed by atoms with Crippen LogP contribution in [-0.4, -0.2) is 34.3 Å². The first-order chi connectivity index (χ1) is 11.2. The third kappa shape index (κ3) is 2.82. The number of thiazole rings is 1. The van der Waals surface area contributed by atoms with Gasteiger partial charge in [-0.15, -0.1) is 0 Å². The van der Waals surface area contributed by atoms with Crippen LogP contribution in [-0.2, 0) is 17.8 Å². The first kappa shape index (κ1) is 14.6. The van der Waals surface area contributed by atoms with Crippen LogP contribution in [0.4, 0.5) is 5.13 Å². The fourth-order valence-corrected chi connectivity index (χ4v) is 3.65. The Hall–Kier alpha value is -1.99. The number of aryl methyl sites for hydroxylation is 2. The molecule has 1 aliphatic rings. The Balaban J connectivity index is 1.34. The smallest absolute Gasteiger partial charge is 0.252 e. The number of benzene rings is 1. The van der Waals surface area contributed by atoms with Crippen molar-refractivity contribution < 1.29 is 9.26 Å². The molecule has 3 heterocycles. The second-order valence-electron chi connectivity index (χ2n) is 5.71. The molecule has 0 atom stereocenters. The number of fused-ring (bicyclic) bond motifs is 1. The molecule has 1 aromatic carbocycles. The molecule has 23 heavy (non-hydrogen) atoms. The minimum Gasteiger partial charge on any atom is -0.365 e. The van der Waals surface area contributed by atoms with Gasteiger partial charge in [0.15, 0.2) is 11.0 Å². The number of hydrogen-bond acceptors (Lipinski definition) is 7. The Labute approximate surface area is 138 Å². The zero-order chi connectivity index (χ0) is 15.8. The summed E-state index contributed by atoms with van der Waals surface area (Å²) in [6.07, 6.45) is 0.970. The molecule has 0 amide bonds. The highest BCUT2D eigenvalue weighted by molar-refractivity contribution is 7.22. The number of nitrogens with zero attached hydrogens (tertiary/aromatic N) is 4. The summed E-state index contributed by atoms with van der Waals surface area (Å²) >= 11 is 1.74. The van der Waals surface area contributed by atoms with Crippen molar-refractivity contribution in [3.63, 3.8) is 0 Å². The summed E-state index contributed by atoms with van der Waals surface area (Å²) in [7, 11) is 0. The molecule has 0 bridgehead atoms. The number of ether oxygens (including phenoxy) is 1. The average molecular weight is 330 g/mol. The van der Waals surface area contributed by atoms with Gasteiger partial charge < -0.3 is 14.2 Å². The number of aromatic nitrogens is 3. The lowest BCUT2D eigenvalue weighted by molar-refractivity contribution is 0.00957. The Kier molecular flexibility index (Phi) is 3.74. The van der Waals surface area contributed by atoms with Gasteiger partial charge >= 0.3 is 0 Å². The largest absolute Gasteiger partial charge is 0.365 e. The zero-order valence-electron chi connectivity index (χ0n) is 13.2. The highest BCUT2D eigenvalue weighted by Gasteiger charge is 2.30. The molecule has 1 saturated heterocycles. The van der Waals surface area contributed by atoms with Gasteiger partial charge in [-0.1, -0.05) is 35.5 Å². The van der Waals surface area contributed by atoms with E-state index in [4.69, 9.17) is 14.2 Å². The SMILES string of the molecule is CCc1noc(COC2CN(c3nc4c(C)cccc4s3)C2)n1. The van der Waals surface area contributed by atoms with E-state index in [2.05, 4.69) is 40.2 Å². The van der Waals surface area contributed by atoms with E-state index in [1.807, 2.05) is 6.92 Å². The molecule has 0 aliphatic carbocycles. The Morgan fingerprint density at radius 3 is 2.96 bits per heavy atom. The summed E-state index contributed by atoms with van der Waals surface area (Å²) in [5.41, 5.74) is 2.33. The molecule has 0 radical (unpaired) electrons. The molecular formula is C16H18N4O2S. The molecule has 6 nitrogen and oxygen atoms in total. The van der Waals surface area contributed by atoms with Crippen molar-refractivity contribution in [2.75, 3.05) is 18.0 Å². The number of para-hydroxylation sites is 1. The van der Waals surface area contributed by atoms with Gasteiger partial charge in [0.1, 0.15) is 6.61 Å². The topological polar surface area (TPSA) is 64.3 Å². The van der Waals surface area contributed by atoms with Crippen molar-refractivity contribution in [3.05, 3.63) is 35.5 Å². The van der Waals surface area contributed by atoms with E-state index in [9.17, 15) is 0 Å². The lowest BCUT2D eigenvalue weighted by Gasteiger charge is -2.38. The Morgan fingerprint density at radius 1 is 1.35 bits per heavy atom. The monoisotopic (exact) mass is 330 g/mol. The van der Waals surface area contributed by atoms with Crippen molar-refractivity contribution in [3.8, 4) is 0 Å². The number of rotatable bonds is 5. The standard InChI is InChI=1S/C16H18N4O2S/c1-3-13-17-14(22-19-13)9-21-11-7-20(8-11)16-18-15-10(2)5-4-6-12(15)23-16/h4-6,11H,3,7-9H2,1-2H3. The van der Waals surface area contributed by atoms with E-state index in [1.165, 1.54) is 10.3 Å². The number of hydrogen-bond donors (Lipinski definition) is 0. The molecule has 0 N–H and O–H groups in total. The molecule has 0 saturated carbocycles. The predicted octanol–water partition coefficient (Wildman–Crippen LogP) is 2.96. The van der Waals surface area contributed by atoms with Gasteiger partial charge in [0.05, 0.1) is 16.3 Å². The van der Waals surface area contributed by atoms with E-state index >= 15 is 0 Å². The van der Waals surface area contributed by atoms with Crippen LogP contribution >= 0.6 is 11.3 Å². The molecular weight excluding hydrogens is 312 g/mol. The first-order valence-electron chi connectivity index (χ1n) is 7.77. The molecule has 1 fully saturated rings. The highest BCUT2D eigenvalue weighted by Crippen LogP contribution is 2.33. The molecule has 1 aliphatic heterocycles.